The minimum absolute atomic E-state index is 0.0383. The molecule has 112 valence electrons. The Morgan fingerprint density at radius 1 is 1.43 bits per heavy atom. The van der Waals surface area contributed by atoms with E-state index in [1.54, 1.807) is 17.1 Å². The largest absolute Gasteiger partial charge is 0.317 e. The Bertz CT molecular complexity index is 611. The van der Waals surface area contributed by atoms with Gasteiger partial charge in [-0.1, -0.05) is 5.21 Å². The van der Waals surface area contributed by atoms with Crippen LogP contribution in [0.5, 0.6) is 0 Å². The van der Waals surface area contributed by atoms with Crippen LogP contribution in [0.25, 0.3) is 0 Å². The summed E-state index contributed by atoms with van der Waals surface area (Å²) in [5.41, 5.74) is 1.52. The Morgan fingerprint density at radius 3 is 2.95 bits per heavy atom. The van der Waals surface area contributed by atoms with E-state index in [1.165, 1.54) is 0 Å². The lowest BCUT2D eigenvalue weighted by atomic mass is 10.1. The molecule has 0 saturated carbocycles. The van der Waals surface area contributed by atoms with Crippen LogP contribution < -0.4 is 5.32 Å². The van der Waals surface area contributed by atoms with Gasteiger partial charge in [0.15, 0.2) is 5.78 Å². The standard InChI is InChI=1S/C14H20N6O/c1-19-11(6-9-16-19)2-3-14(21)13-10-20(18-17-13)12-4-7-15-8-5-12/h6,9-10,12,15H,2-5,7-8H2,1H3. The normalized spacial score (nSPS) is 16.2. The average molecular weight is 288 g/mol. The summed E-state index contributed by atoms with van der Waals surface area (Å²) >= 11 is 0. The summed E-state index contributed by atoms with van der Waals surface area (Å²) in [6.45, 7) is 1.99. The number of rotatable bonds is 5. The van der Waals surface area contributed by atoms with E-state index in [-0.39, 0.29) is 5.78 Å². The molecule has 1 N–H and O–H groups in total. The number of carbonyl (C=O) groups excluding carboxylic acids is 1. The molecule has 0 spiro atoms. The molecule has 0 atom stereocenters. The van der Waals surface area contributed by atoms with Crippen molar-refractivity contribution in [2.45, 2.75) is 31.7 Å². The molecule has 1 aliphatic rings. The van der Waals surface area contributed by atoms with Crippen LogP contribution in [0.15, 0.2) is 18.5 Å². The predicted molar refractivity (Wildman–Crippen MR) is 77.0 cm³/mol. The summed E-state index contributed by atoms with van der Waals surface area (Å²) in [6.07, 6.45) is 6.72. The van der Waals surface area contributed by atoms with E-state index in [1.807, 2.05) is 17.8 Å². The first-order valence-corrected chi connectivity index (χ1v) is 7.36. The Kier molecular flexibility index (Phi) is 4.10. The first kappa shape index (κ1) is 13.9. The monoisotopic (exact) mass is 288 g/mol. The predicted octanol–water partition coefficient (Wildman–Crippen LogP) is 0.752. The van der Waals surface area contributed by atoms with Crippen molar-refractivity contribution in [2.24, 2.45) is 7.05 Å². The molecule has 1 aliphatic heterocycles. The van der Waals surface area contributed by atoms with Crippen LogP contribution in [-0.2, 0) is 13.5 Å². The molecule has 0 radical (unpaired) electrons. The highest BCUT2D eigenvalue weighted by molar-refractivity contribution is 5.93. The summed E-state index contributed by atoms with van der Waals surface area (Å²) in [5, 5.41) is 15.6. The van der Waals surface area contributed by atoms with E-state index in [2.05, 4.69) is 20.7 Å². The van der Waals surface area contributed by atoms with Gasteiger partial charge in [-0.25, -0.2) is 4.68 Å². The second-order valence-corrected chi connectivity index (χ2v) is 5.43. The van der Waals surface area contributed by atoms with Crippen molar-refractivity contribution in [1.82, 2.24) is 30.1 Å². The van der Waals surface area contributed by atoms with Crippen LogP contribution in [0.2, 0.25) is 0 Å². The topological polar surface area (TPSA) is 77.6 Å². The lowest BCUT2D eigenvalue weighted by Gasteiger charge is -2.22. The molecule has 3 heterocycles. The van der Waals surface area contributed by atoms with Gasteiger partial charge in [0, 0.05) is 25.4 Å². The maximum Gasteiger partial charge on any atom is 0.185 e. The molecule has 0 aliphatic carbocycles. The molecule has 0 aromatic carbocycles. The number of aromatic nitrogens is 5. The first-order chi connectivity index (χ1) is 10.2. The fraction of sp³-hybridized carbons (Fsp3) is 0.571. The third-order valence-electron chi connectivity index (χ3n) is 4.01. The maximum atomic E-state index is 12.2. The van der Waals surface area contributed by atoms with Crippen molar-refractivity contribution in [1.29, 1.82) is 0 Å². The molecule has 2 aromatic rings. The van der Waals surface area contributed by atoms with Gasteiger partial charge in [0.1, 0.15) is 5.69 Å². The van der Waals surface area contributed by atoms with E-state index in [0.717, 1.165) is 31.6 Å². The van der Waals surface area contributed by atoms with E-state index in [9.17, 15) is 4.79 Å². The van der Waals surface area contributed by atoms with E-state index in [0.29, 0.717) is 24.6 Å². The third kappa shape index (κ3) is 3.18. The van der Waals surface area contributed by atoms with Crippen LogP contribution in [0.4, 0.5) is 0 Å². The number of hydrogen-bond donors (Lipinski definition) is 1. The zero-order valence-electron chi connectivity index (χ0n) is 12.2. The second-order valence-electron chi connectivity index (χ2n) is 5.43. The molecule has 0 unspecified atom stereocenters. The number of ketones is 1. The molecule has 0 bridgehead atoms. The smallest absolute Gasteiger partial charge is 0.185 e. The van der Waals surface area contributed by atoms with Gasteiger partial charge in [0.25, 0.3) is 0 Å². The van der Waals surface area contributed by atoms with Crippen LogP contribution >= 0.6 is 0 Å². The number of nitrogens with zero attached hydrogens (tertiary/aromatic N) is 5. The fourth-order valence-corrected chi connectivity index (χ4v) is 2.67. The minimum atomic E-state index is 0.0383. The zero-order valence-corrected chi connectivity index (χ0v) is 12.2. The Hall–Kier alpha value is -2.02. The minimum Gasteiger partial charge on any atom is -0.317 e. The van der Waals surface area contributed by atoms with Crippen molar-refractivity contribution in [3.63, 3.8) is 0 Å². The fourth-order valence-electron chi connectivity index (χ4n) is 2.67. The molecular weight excluding hydrogens is 268 g/mol. The number of piperidine rings is 1. The van der Waals surface area contributed by atoms with Gasteiger partial charge in [0.2, 0.25) is 0 Å². The van der Waals surface area contributed by atoms with Gasteiger partial charge in [-0.3, -0.25) is 9.48 Å². The van der Waals surface area contributed by atoms with Crippen molar-refractivity contribution < 1.29 is 4.79 Å². The van der Waals surface area contributed by atoms with Gasteiger partial charge in [0.05, 0.1) is 12.2 Å². The van der Waals surface area contributed by atoms with Crippen LogP contribution in [-0.4, -0.2) is 43.6 Å². The molecule has 7 heteroatoms. The molecule has 3 rings (SSSR count). The number of aryl methyl sites for hydroxylation is 2. The van der Waals surface area contributed by atoms with Gasteiger partial charge in [-0.2, -0.15) is 5.10 Å². The van der Waals surface area contributed by atoms with Crippen LogP contribution in [0.1, 0.15) is 41.5 Å². The number of Topliss-reactive ketones (excluding diaryl/α,β-unsaturated/α-hetero) is 1. The first-order valence-electron chi connectivity index (χ1n) is 7.36. The van der Waals surface area contributed by atoms with Gasteiger partial charge >= 0.3 is 0 Å². The highest BCUT2D eigenvalue weighted by Gasteiger charge is 2.18. The highest BCUT2D eigenvalue weighted by Crippen LogP contribution is 2.17. The number of nitrogens with one attached hydrogen (secondary N) is 1. The number of hydrogen-bond acceptors (Lipinski definition) is 5. The molecule has 7 nitrogen and oxygen atoms in total. The Balaban J connectivity index is 1.60. The van der Waals surface area contributed by atoms with E-state index in [4.69, 9.17) is 0 Å². The SMILES string of the molecule is Cn1nccc1CCC(=O)c1cn(C2CCNCC2)nn1. The number of carbonyl (C=O) groups is 1. The highest BCUT2D eigenvalue weighted by atomic mass is 16.1. The van der Waals surface area contributed by atoms with E-state index >= 15 is 0 Å². The zero-order chi connectivity index (χ0) is 14.7. The Morgan fingerprint density at radius 2 is 2.24 bits per heavy atom. The van der Waals surface area contributed by atoms with Gasteiger partial charge in [-0.15, -0.1) is 5.10 Å². The summed E-state index contributed by atoms with van der Waals surface area (Å²) in [6, 6.07) is 2.29. The average Bonchev–Trinajstić information content (AvgIpc) is 3.15. The molecule has 21 heavy (non-hydrogen) atoms. The Labute approximate surface area is 123 Å². The lowest BCUT2D eigenvalue weighted by molar-refractivity contribution is 0.0977. The molecule has 0 amide bonds. The lowest BCUT2D eigenvalue weighted by Crippen LogP contribution is -2.29. The molecule has 2 aromatic heterocycles. The summed E-state index contributed by atoms with van der Waals surface area (Å²) in [5.74, 6) is 0.0383. The van der Waals surface area contributed by atoms with Gasteiger partial charge < -0.3 is 5.32 Å². The van der Waals surface area contributed by atoms with Crippen LogP contribution in [0.3, 0.4) is 0 Å². The summed E-state index contributed by atoms with van der Waals surface area (Å²) in [4.78, 5) is 12.2. The third-order valence-corrected chi connectivity index (χ3v) is 4.01. The summed E-state index contributed by atoms with van der Waals surface area (Å²) in [7, 11) is 1.88. The van der Waals surface area contributed by atoms with E-state index < -0.39 is 0 Å². The maximum absolute atomic E-state index is 12.2. The molecule has 1 saturated heterocycles. The van der Waals surface area contributed by atoms with Gasteiger partial charge in [-0.05, 0) is 38.4 Å². The summed E-state index contributed by atoms with van der Waals surface area (Å²) < 4.78 is 3.64. The quantitative estimate of drug-likeness (QED) is 0.822. The van der Waals surface area contributed by atoms with Crippen molar-refractivity contribution >= 4 is 5.78 Å². The molecule has 1 fully saturated rings. The van der Waals surface area contributed by atoms with Crippen molar-refractivity contribution in [3.05, 3.63) is 29.8 Å². The van der Waals surface area contributed by atoms with Crippen LogP contribution in [0, 0.1) is 0 Å². The van der Waals surface area contributed by atoms with Crippen molar-refractivity contribution in [3.8, 4) is 0 Å². The molecular formula is C14H20N6O. The second kappa shape index (κ2) is 6.17. The van der Waals surface area contributed by atoms with Crippen molar-refractivity contribution in [2.75, 3.05) is 13.1 Å².